The van der Waals surface area contributed by atoms with Crippen LogP contribution in [0.4, 0.5) is 4.39 Å². The second kappa shape index (κ2) is 1.21. The van der Waals surface area contributed by atoms with Crippen LogP contribution in [-0.4, -0.2) is 5.67 Å². The van der Waals surface area contributed by atoms with Crippen LogP contribution in [0.1, 0.15) is 20.3 Å². The first-order valence-electron chi connectivity index (χ1n) is 2.63. The van der Waals surface area contributed by atoms with Gasteiger partial charge in [-0.15, -0.1) is 0 Å². The predicted octanol–water partition coefficient (Wildman–Crippen LogP) is 1.96. The highest BCUT2D eigenvalue weighted by molar-refractivity contribution is 5.03. The van der Waals surface area contributed by atoms with E-state index in [0.29, 0.717) is 0 Å². The van der Waals surface area contributed by atoms with Crippen molar-refractivity contribution in [2.45, 2.75) is 25.9 Å². The van der Waals surface area contributed by atoms with E-state index < -0.39 is 5.67 Å². The van der Waals surface area contributed by atoms with Crippen LogP contribution in [-0.2, 0) is 0 Å². The summed E-state index contributed by atoms with van der Waals surface area (Å²) in [6.45, 7) is 3.25. The molecule has 1 aliphatic carbocycles. The number of hydrogen-bond donors (Lipinski definition) is 0. The maximum absolute atomic E-state index is 12.5. The Morgan fingerprint density at radius 1 is 1.71 bits per heavy atom. The Labute approximate surface area is 43.7 Å². The Bertz CT molecular complexity index is 66.7. The number of rotatable bonds is 1. The van der Waals surface area contributed by atoms with E-state index in [4.69, 9.17) is 0 Å². The third kappa shape index (κ3) is 1.15. The van der Waals surface area contributed by atoms with Crippen LogP contribution in [0.25, 0.3) is 0 Å². The summed E-state index contributed by atoms with van der Waals surface area (Å²) >= 11 is 0. The van der Waals surface area contributed by atoms with E-state index in [9.17, 15) is 4.39 Å². The molecule has 1 rings (SSSR count). The van der Waals surface area contributed by atoms with Gasteiger partial charge in [-0.2, -0.15) is 0 Å². The molecule has 0 nitrogen and oxygen atoms in total. The molecule has 1 aliphatic rings. The molecule has 0 amide bonds. The van der Waals surface area contributed by atoms with Crippen LogP contribution >= 0.6 is 0 Å². The van der Waals surface area contributed by atoms with Gasteiger partial charge in [-0.3, -0.25) is 0 Å². The molecular weight excluding hydrogens is 91.1 g/mol. The van der Waals surface area contributed by atoms with E-state index in [2.05, 4.69) is 0 Å². The van der Waals surface area contributed by atoms with Crippen molar-refractivity contribution in [1.29, 1.82) is 0 Å². The highest BCUT2D eigenvalue weighted by Crippen LogP contribution is 2.40. The van der Waals surface area contributed by atoms with Crippen molar-refractivity contribution in [3.63, 3.8) is 0 Å². The van der Waals surface area contributed by atoms with Crippen molar-refractivity contribution < 1.29 is 4.39 Å². The first-order chi connectivity index (χ1) is 3.11. The number of halogens is 1. The van der Waals surface area contributed by atoms with Gasteiger partial charge in [-0.05, 0) is 32.6 Å². The predicted molar refractivity (Wildman–Crippen MR) is 27.6 cm³/mol. The lowest BCUT2D eigenvalue weighted by atomic mass is 10.1. The first-order valence-corrected chi connectivity index (χ1v) is 2.63. The average molecular weight is 101 g/mol. The van der Waals surface area contributed by atoms with E-state index in [0.717, 1.165) is 6.42 Å². The van der Waals surface area contributed by atoms with Gasteiger partial charge in [-0.1, -0.05) is 0 Å². The minimum absolute atomic E-state index is 0.257. The zero-order valence-electron chi connectivity index (χ0n) is 4.74. The molecule has 0 aromatic rings. The molecule has 0 heterocycles. The highest BCUT2D eigenvalue weighted by atomic mass is 19.1. The lowest BCUT2D eigenvalue weighted by Crippen LogP contribution is -2.13. The van der Waals surface area contributed by atoms with E-state index in [1.807, 2.05) is 6.42 Å². The largest absolute Gasteiger partial charge is 0.244 e. The minimum Gasteiger partial charge on any atom is -0.244 e. The van der Waals surface area contributed by atoms with Crippen LogP contribution in [0, 0.1) is 12.3 Å². The van der Waals surface area contributed by atoms with Crippen LogP contribution in [0.3, 0.4) is 0 Å². The van der Waals surface area contributed by atoms with E-state index in [1.54, 1.807) is 13.8 Å². The molecule has 1 radical (unpaired) electrons. The van der Waals surface area contributed by atoms with Gasteiger partial charge in [0.15, 0.2) is 0 Å². The molecule has 7 heavy (non-hydrogen) atoms. The summed E-state index contributed by atoms with van der Waals surface area (Å²) in [6, 6.07) is 0. The Balaban J connectivity index is 2.36. The third-order valence-electron chi connectivity index (χ3n) is 1.35. The Kier molecular flexibility index (Phi) is 0.875. The van der Waals surface area contributed by atoms with Crippen molar-refractivity contribution in [2.24, 2.45) is 5.92 Å². The molecule has 1 atom stereocenters. The van der Waals surface area contributed by atoms with Gasteiger partial charge in [0.25, 0.3) is 0 Å². The molecular formula is C6H10F. The van der Waals surface area contributed by atoms with E-state index >= 15 is 0 Å². The van der Waals surface area contributed by atoms with Crippen LogP contribution in [0.15, 0.2) is 0 Å². The molecule has 0 saturated heterocycles. The molecule has 1 saturated carbocycles. The Morgan fingerprint density at radius 3 is 2.14 bits per heavy atom. The van der Waals surface area contributed by atoms with Gasteiger partial charge in [0.05, 0.1) is 0 Å². The molecule has 0 aromatic heterocycles. The van der Waals surface area contributed by atoms with Gasteiger partial charge in [0.1, 0.15) is 5.67 Å². The maximum atomic E-state index is 12.5. The second-order valence-electron chi connectivity index (χ2n) is 2.64. The van der Waals surface area contributed by atoms with Crippen molar-refractivity contribution in [3.05, 3.63) is 6.42 Å². The van der Waals surface area contributed by atoms with Crippen LogP contribution in [0.5, 0.6) is 0 Å². The fourth-order valence-corrected chi connectivity index (χ4v) is 0.629. The summed E-state index contributed by atoms with van der Waals surface area (Å²) in [7, 11) is 0. The second-order valence-corrected chi connectivity index (χ2v) is 2.64. The monoisotopic (exact) mass is 101 g/mol. The molecule has 0 aliphatic heterocycles. The topological polar surface area (TPSA) is 0 Å². The molecule has 0 N–H and O–H groups in total. The normalized spacial score (nSPS) is 22.7. The quantitative estimate of drug-likeness (QED) is 0.473. The van der Waals surface area contributed by atoms with Crippen molar-refractivity contribution in [2.75, 3.05) is 0 Å². The Hall–Kier alpha value is -0.0700. The summed E-state index contributed by atoms with van der Waals surface area (Å²) in [5, 5.41) is 0. The van der Waals surface area contributed by atoms with Crippen LogP contribution < -0.4 is 0 Å². The summed E-state index contributed by atoms with van der Waals surface area (Å²) in [5.41, 5.74) is -0.944. The van der Waals surface area contributed by atoms with Gasteiger partial charge in [-0.25, -0.2) is 4.39 Å². The summed E-state index contributed by atoms with van der Waals surface area (Å²) < 4.78 is 12.5. The fourth-order valence-electron chi connectivity index (χ4n) is 0.629. The number of alkyl halides is 1. The molecule has 1 heteroatoms. The van der Waals surface area contributed by atoms with E-state index in [1.165, 1.54) is 0 Å². The summed E-state index contributed by atoms with van der Waals surface area (Å²) in [6.07, 6.45) is 2.98. The first kappa shape index (κ1) is 5.07. The minimum atomic E-state index is -0.944. The van der Waals surface area contributed by atoms with Crippen molar-refractivity contribution >= 4 is 0 Å². The lowest BCUT2D eigenvalue weighted by molar-refractivity contribution is 0.189. The van der Waals surface area contributed by atoms with Crippen molar-refractivity contribution in [1.82, 2.24) is 0 Å². The van der Waals surface area contributed by atoms with Gasteiger partial charge in [0, 0.05) is 0 Å². The van der Waals surface area contributed by atoms with E-state index in [-0.39, 0.29) is 5.92 Å². The number of hydrogen-bond acceptors (Lipinski definition) is 0. The zero-order chi connectivity index (χ0) is 5.49. The summed E-state index contributed by atoms with van der Waals surface area (Å²) in [5.74, 6) is 0.257. The SMILES string of the molecule is CC(C)(F)C1[CH]C1. The Morgan fingerprint density at radius 2 is 2.14 bits per heavy atom. The smallest absolute Gasteiger partial charge is 0.108 e. The van der Waals surface area contributed by atoms with Gasteiger partial charge < -0.3 is 0 Å². The van der Waals surface area contributed by atoms with Crippen LogP contribution in [0.2, 0.25) is 0 Å². The fraction of sp³-hybridized carbons (Fsp3) is 0.833. The van der Waals surface area contributed by atoms with Gasteiger partial charge in [0.2, 0.25) is 0 Å². The lowest BCUT2D eigenvalue weighted by Gasteiger charge is -2.09. The highest BCUT2D eigenvalue weighted by Gasteiger charge is 2.37. The molecule has 1 fully saturated rings. The molecule has 41 valence electrons. The van der Waals surface area contributed by atoms with Crippen molar-refractivity contribution in [3.8, 4) is 0 Å². The maximum Gasteiger partial charge on any atom is 0.108 e. The molecule has 1 unspecified atom stereocenters. The molecule has 0 spiro atoms. The average Bonchev–Trinajstić information content (AvgIpc) is 1.99. The summed E-state index contributed by atoms with van der Waals surface area (Å²) in [4.78, 5) is 0. The molecule has 0 aromatic carbocycles. The molecule has 0 bridgehead atoms. The van der Waals surface area contributed by atoms with Gasteiger partial charge >= 0.3 is 0 Å². The zero-order valence-corrected chi connectivity index (χ0v) is 4.74. The standard InChI is InChI=1S/C6H10F/c1-6(2,7)5-3-4-5/h3,5H,4H2,1-2H3. The third-order valence-corrected chi connectivity index (χ3v) is 1.35.